The van der Waals surface area contributed by atoms with Crippen LogP contribution in [0.4, 0.5) is 0 Å². The molecule has 0 heterocycles. The Morgan fingerprint density at radius 1 is 1.50 bits per heavy atom. The number of allylic oxidation sites excluding steroid dienone is 2. The minimum atomic E-state index is 0.299. The van der Waals surface area contributed by atoms with Gasteiger partial charge in [-0.1, -0.05) is 0 Å². The van der Waals surface area contributed by atoms with Crippen LogP contribution in [0.15, 0.2) is 11.8 Å². The first-order chi connectivity index (χ1) is 5.75. The van der Waals surface area contributed by atoms with Crippen LogP contribution < -0.4 is 0 Å². The van der Waals surface area contributed by atoms with E-state index in [1.165, 1.54) is 18.5 Å². The van der Waals surface area contributed by atoms with E-state index < -0.39 is 0 Å². The molecular formula is C10H15NO. The first-order valence-corrected chi connectivity index (χ1v) is 4.70. The summed E-state index contributed by atoms with van der Waals surface area (Å²) in [5.41, 5.74) is 1.24. The van der Waals surface area contributed by atoms with Gasteiger partial charge in [-0.05, 0) is 25.2 Å². The van der Waals surface area contributed by atoms with Crippen molar-refractivity contribution in [3.05, 3.63) is 11.8 Å². The lowest BCUT2D eigenvalue weighted by Gasteiger charge is -2.19. The van der Waals surface area contributed by atoms with Gasteiger partial charge in [-0.3, -0.25) is 4.79 Å². The molecule has 0 aromatic carbocycles. The topological polar surface area (TPSA) is 20.3 Å². The fourth-order valence-corrected chi connectivity index (χ4v) is 1.69. The highest BCUT2D eigenvalue weighted by Gasteiger charge is 2.25. The number of carbonyl (C=O) groups excluding carboxylic acids is 1. The Morgan fingerprint density at radius 2 is 2.25 bits per heavy atom. The van der Waals surface area contributed by atoms with Crippen LogP contribution in [0.5, 0.6) is 0 Å². The summed E-state index contributed by atoms with van der Waals surface area (Å²) in [5.74, 6) is 1.21. The Morgan fingerprint density at radius 3 is 2.75 bits per heavy atom. The lowest BCUT2D eigenvalue weighted by Crippen LogP contribution is -2.19. The minimum absolute atomic E-state index is 0.299. The number of rotatable bonds is 3. The van der Waals surface area contributed by atoms with E-state index in [9.17, 15) is 4.79 Å². The van der Waals surface area contributed by atoms with Crippen molar-refractivity contribution in [1.29, 1.82) is 0 Å². The summed E-state index contributed by atoms with van der Waals surface area (Å²) >= 11 is 0. The molecule has 0 aromatic heterocycles. The summed E-state index contributed by atoms with van der Waals surface area (Å²) in [6, 6.07) is 0. The fraction of sp³-hybridized carbons (Fsp3) is 0.700. The summed E-state index contributed by atoms with van der Waals surface area (Å²) in [7, 11) is 2.10. The number of carbonyl (C=O) groups is 1. The molecule has 0 amide bonds. The first kappa shape index (κ1) is 7.84. The SMILES string of the molecule is CN(CC1CC1)C1=CC(=O)CC1. The molecule has 0 saturated heterocycles. The molecule has 2 nitrogen and oxygen atoms in total. The Bertz CT molecular complexity index is 228. The molecule has 0 aliphatic heterocycles. The zero-order valence-corrected chi connectivity index (χ0v) is 7.55. The first-order valence-electron chi connectivity index (χ1n) is 4.70. The quantitative estimate of drug-likeness (QED) is 0.632. The molecule has 66 valence electrons. The Hall–Kier alpha value is -0.790. The Labute approximate surface area is 73.2 Å². The predicted octanol–water partition coefficient (Wildman–Crippen LogP) is 1.57. The number of hydrogen-bond donors (Lipinski definition) is 0. The van der Waals surface area contributed by atoms with Gasteiger partial charge in [-0.25, -0.2) is 0 Å². The van der Waals surface area contributed by atoms with E-state index in [1.54, 1.807) is 0 Å². The normalized spacial score (nSPS) is 22.8. The molecule has 0 N–H and O–H groups in total. The fourth-order valence-electron chi connectivity index (χ4n) is 1.69. The van der Waals surface area contributed by atoms with Crippen molar-refractivity contribution in [2.45, 2.75) is 25.7 Å². The zero-order chi connectivity index (χ0) is 8.55. The maximum absolute atomic E-state index is 11.0. The second-order valence-electron chi connectivity index (χ2n) is 3.93. The van der Waals surface area contributed by atoms with Crippen LogP contribution in [0.2, 0.25) is 0 Å². The summed E-state index contributed by atoms with van der Waals surface area (Å²) in [5, 5.41) is 0. The van der Waals surface area contributed by atoms with Crippen LogP contribution >= 0.6 is 0 Å². The van der Waals surface area contributed by atoms with Gasteiger partial charge in [0, 0.05) is 31.8 Å². The smallest absolute Gasteiger partial charge is 0.157 e. The molecule has 1 fully saturated rings. The molecular weight excluding hydrogens is 150 g/mol. The van der Waals surface area contributed by atoms with Crippen LogP contribution in [0.3, 0.4) is 0 Å². The Kier molecular flexibility index (Phi) is 1.91. The third kappa shape index (κ3) is 1.68. The van der Waals surface area contributed by atoms with Gasteiger partial charge in [0.05, 0.1) is 0 Å². The molecule has 0 radical (unpaired) electrons. The highest BCUT2D eigenvalue weighted by molar-refractivity contribution is 5.92. The van der Waals surface area contributed by atoms with Gasteiger partial charge in [0.2, 0.25) is 0 Å². The maximum Gasteiger partial charge on any atom is 0.157 e. The average Bonchev–Trinajstić information content (AvgIpc) is 2.72. The van der Waals surface area contributed by atoms with E-state index in [-0.39, 0.29) is 0 Å². The third-order valence-corrected chi connectivity index (χ3v) is 2.67. The standard InChI is InChI=1S/C10H15NO/c1-11(7-8-2-3-8)9-4-5-10(12)6-9/h6,8H,2-5,7H2,1H3. The molecule has 2 aliphatic rings. The number of nitrogens with zero attached hydrogens (tertiary/aromatic N) is 1. The summed E-state index contributed by atoms with van der Waals surface area (Å²) in [6.07, 6.45) is 6.26. The van der Waals surface area contributed by atoms with Gasteiger partial charge in [0.25, 0.3) is 0 Å². The van der Waals surface area contributed by atoms with Crippen LogP contribution in [-0.2, 0) is 4.79 Å². The highest BCUT2D eigenvalue weighted by atomic mass is 16.1. The van der Waals surface area contributed by atoms with Gasteiger partial charge in [-0.2, -0.15) is 0 Å². The molecule has 2 aliphatic carbocycles. The van der Waals surface area contributed by atoms with Crippen molar-refractivity contribution in [3.8, 4) is 0 Å². The molecule has 0 atom stereocenters. The second-order valence-corrected chi connectivity index (χ2v) is 3.93. The van der Waals surface area contributed by atoms with E-state index >= 15 is 0 Å². The molecule has 2 rings (SSSR count). The molecule has 2 heteroatoms. The lowest BCUT2D eigenvalue weighted by atomic mass is 10.3. The number of ketones is 1. The highest BCUT2D eigenvalue weighted by Crippen LogP contribution is 2.31. The lowest BCUT2D eigenvalue weighted by molar-refractivity contribution is -0.114. The summed E-state index contributed by atoms with van der Waals surface area (Å²) < 4.78 is 0. The average molecular weight is 165 g/mol. The molecule has 0 bridgehead atoms. The van der Waals surface area contributed by atoms with Crippen molar-refractivity contribution in [2.24, 2.45) is 5.92 Å². The summed E-state index contributed by atoms with van der Waals surface area (Å²) in [4.78, 5) is 13.2. The van der Waals surface area contributed by atoms with Crippen molar-refractivity contribution < 1.29 is 4.79 Å². The van der Waals surface area contributed by atoms with E-state index in [4.69, 9.17) is 0 Å². The molecule has 0 unspecified atom stereocenters. The molecule has 12 heavy (non-hydrogen) atoms. The van der Waals surface area contributed by atoms with E-state index in [2.05, 4.69) is 11.9 Å². The molecule has 1 saturated carbocycles. The van der Waals surface area contributed by atoms with E-state index in [0.717, 1.165) is 25.3 Å². The minimum Gasteiger partial charge on any atom is -0.377 e. The van der Waals surface area contributed by atoms with Gasteiger partial charge in [0.1, 0.15) is 0 Å². The third-order valence-electron chi connectivity index (χ3n) is 2.67. The van der Waals surface area contributed by atoms with Gasteiger partial charge in [-0.15, -0.1) is 0 Å². The molecule has 0 aromatic rings. The van der Waals surface area contributed by atoms with Crippen LogP contribution in [-0.4, -0.2) is 24.3 Å². The van der Waals surface area contributed by atoms with Crippen molar-refractivity contribution in [1.82, 2.24) is 4.90 Å². The maximum atomic E-state index is 11.0. The largest absolute Gasteiger partial charge is 0.377 e. The van der Waals surface area contributed by atoms with E-state index in [1.807, 2.05) is 6.08 Å². The van der Waals surface area contributed by atoms with E-state index in [0.29, 0.717) is 5.78 Å². The summed E-state index contributed by atoms with van der Waals surface area (Å²) in [6.45, 7) is 1.15. The zero-order valence-electron chi connectivity index (χ0n) is 7.55. The number of hydrogen-bond acceptors (Lipinski definition) is 2. The van der Waals surface area contributed by atoms with Gasteiger partial charge >= 0.3 is 0 Å². The van der Waals surface area contributed by atoms with Crippen LogP contribution in [0.25, 0.3) is 0 Å². The van der Waals surface area contributed by atoms with Crippen LogP contribution in [0.1, 0.15) is 25.7 Å². The molecule has 0 spiro atoms. The monoisotopic (exact) mass is 165 g/mol. The van der Waals surface area contributed by atoms with Crippen LogP contribution in [0, 0.1) is 5.92 Å². The van der Waals surface area contributed by atoms with Gasteiger partial charge in [0.15, 0.2) is 5.78 Å². The van der Waals surface area contributed by atoms with Crippen molar-refractivity contribution in [2.75, 3.05) is 13.6 Å². The van der Waals surface area contributed by atoms with Gasteiger partial charge < -0.3 is 4.90 Å². The second kappa shape index (κ2) is 2.92. The Balaban J connectivity index is 1.89. The predicted molar refractivity (Wildman–Crippen MR) is 47.7 cm³/mol. The van der Waals surface area contributed by atoms with Crippen molar-refractivity contribution >= 4 is 5.78 Å². The van der Waals surface area contributed by atoms with Crippen molar-refractivity contribution in [3.63, 3.8) is 0 Å².